The number of rotatable bonds is 3. The lowest BCUT2D eigenvalue weighted by molar-refractivity contribution is 1.02. The fraction of sp³-hybridized carbons (Fsp3) is 0.300. The number of anilines is 1. The van der Waals surface area contributed by atoms with Crippen LogP contribution in [0.25, 0.3) is 0 Å². The summed E-state index contributed by atoms with van der Waals surface area (Å²) in [4.78, 5) is 1.22. The molecule has 80 valence electrons. The van der Waals surface area contributed by atoms with E-state index in [2.05, 4.69) is 15.5 Å². The van der Waals surface area contributed by atoms with E-state index in [-0.39, 0.29) is 0 Å². The molecule has 2 N–H and O–H groups in total. The van der Waals surface area contributed by atoms with Crippen molar-refractivity contribution in [2.45, 2.75) is 20.4 Å². The van der Waals surface area contributed by atoms with Crippen molar-refractivity contribution in [2.75, 3.05) is 5.32 Å². The summed E-state index contributed by atoms with van der Waals surface area (Å²) in [5.41, 5.74) is 3.14. The van der Waals surface area contributed by atoms with Crippen LogP contribution in [-0.2, 0) is 6.54 Å². The molecule has 0 spiro atoms. The Balaban J connectivity index is 2.05. The Morgan fingerprint density at radius 1 is 1.53 bits per heavy atom. The van der Waals surface area contributed by atoms with Gasteiger partial charge in [0.25, 0.3) is 0 Å². The summed E-state index contributed by atoms with van der Waals surface area (Å²) in [6.07, 6.45) is 0. The quantitative estimate of drug-likeness (QED) is 0.865. The number of thiophene rings is 1. The molecular formula is C10H12ClN3S. The van der Waals surface area contributed by atoms with E-state index in [1.165, 1.54) is 4.88 Å². The summed E-state index contributed by atoms with van der Waals surface area (Å²) < 4.78 is 0. The Hall–Kier alpha value is -1.000. The second kappa shape index (κ2) is 4.24. The van der Waals surface area contributed by atoms with Crippen LogP contribution in [0.2, 0.25) is 5.02 Å². The van der Waals surface area contributed by atoms with Crippen LogP contribution in [-0.4, -0.2) is 10.2 Å². The van der Waals surface area contributed by atoms with E-state index in [0.717, 1.165) is 28.6 Å². The van der Waals surface area contributed by atoms with Gasteiger partial charge in [0.05, 0.1) is 22.1 Å². The zero-order chi connectivity index (χ0) is 10.8. The normalized spacial score (nSPS) is 10.6. The van der Waals surface area contributed by atoms with Crippen molar-refractivity contribution in [3.63, 3.8) is 0 Å². The van der Waals surface area contributed by atoms with Crippen molar-refractivity contribution in [2.24, 2.45) is 0 Å². The van der Waals surface area contributed by atoms with Gasteiger partial charge in [0.1, 0.15) is 0 Å². The summed E-state index contributed by atoms with van der Waals surface area (Å²) in [7, 11) is 0. The molecule has 0 aromatic carbocycles. The molecule has 0 saturated heterocycles. The molecule has 2 aromatic rings. The second-order valence-electron chi connectivity index (χ2n) is 3.39. The highest BCUT2D eigenvalue weighted by molar-refractivity contribution is 7.10. The molecule has 2 heterocycles. The van der Waals surface area contributed by atoms with E-state index in [0.29, 0.717) is 0 Å². The lowest BCUT2D eigenvalue weighted by Gasteiger charge is -2.03. The van der Waals surface area contributed by atoms with Crippen LogP contribution in [0.3, 0.4) is 0 Å². The van der Waals surface area contributed by atoms with Crippen LogP contribution in [0.4, 0.5) is 5.69 Å². The standard InChI is InChI=1S/C10H12ClN3S/c1-6-10(7(2)14-13-6)12-4-9-3-8(11)5-15-9/h3,5,12H,4H2,1-2H3,(H,13,14). The average Bonchev–Trinajstić information content (AvgIpc) is 2.73. The zero-order valence-electron chi connectivity index (χ0n) is 8.60. The molecule has 0 unspecified atom stereocenters. The van der Waals surface area contributed by atoms with Crippen molar-refractivity contribution in [3.05, 3.63) is 32.7 Å². The Morgan fingerprint density at radius 2 is 2.33 bits per heavy atom. The van der Waals surface area contributed by atoms with Gasteiger partial charge >= 0.3 is 0 Å². The number of aromatic amines is 1. The van der Waals surface area contributed by atoms with Crippen LogP contribution < -0.4 is 5.32 Å². The molecule has 0 aliphatic carbocycles. The smallest absolute Gasteiger partial charge is 0.0825 e. The minimum Gasteiger partial charge on any atom is -0.377 e. The average molecular weight is 242 g/mol. The third-order valence-electron chi connectivity index (χ3n) is 2.19. The Bertz CT molecular complexity index is 441. The number of nitrogens with one attached hydrogen (secondary N) is 2. The maximum absolute atomic E-state index is 5.85. The van der Waals surface area contributed by atoms with E-state index >= 15 is 0 Å². The van der Waals surface area contributed by atoms with Gasteiger partial charge in [0.15, 0.2) is 0 Å². The maximum Gasteiger partial charge on any atom is 0.0825 e. The highest BCUT2D eigenvalue weighted by Crippen LogP contribution is 2.22. The third-order valence-corrected chi connectivity index (χ3v) is 3.47. The predicted molar refractivity (Wildman–Crippen MR) is 64.7 cm³/mol. The van der Waals surface area contributed by atoms with E-state index in [4.69, 9.17) is 11.6 Å². The molecule has 2 aromatic heterocycles. The summed E-state index contributed by atoms with van der Waals surface area (Å²) in [6, 6.07) is 1.98. The van der Waals surface area contributed by atoms with Gasteiger partial charge in [-0.1, -0.05) is 11.6 Å². The molecule has 0 atom stereocenters. The fourth-order valence-corrected chi connectivity index (χ4v) is 2.45. The largest absolute Gasteiger partial charge is 0.377 e. The monoisotopic (exact) mass is 241 g/mol. The van der Waals surface area contributed by atoms with E-state index in [1.807, 2.05) is 25.3 Å². The molecule has 5 heteroatoms. The topological polar surface area (TPSA) is 40.7 Å². The molecule has 0 bridgehead atoms. The molecule has 2 rings (SSSR count). The third kappa shape index (κ3) is 2.33. The van der Waals surface area contributed by atoms with Crippen molar-refractivity contribution in [1.29, 1.82) is 0 Å². The van der Waals surface area contributed by atoms with Crippen LogP contribution in [0.5, 0.6) is 0 Å². The number of hydrogen-bond donors (Lipinski definition) is 2. The van der Waals surface area contributed by atoms with E-state index < -0.39 is 0 Å². The highest BCUT2D eigenvalue weighted by Gasteiger charge is 2.05. The van der Waals surface area contributed by atoms with E-state index in [9.17, 15) is 0 Å². The van der Waals surface area contributed by atoms with Crippen molar-refractivity contribution < 1.29 is 0 Å². The molecule has 0 saturated carbocycles. The van der Waals surface area contributed by atoms with Crippen LogP contribution in [0, 0.1) is 13.8 Å². The molecule has 0 radical (unpaired) electrons. The van der Waals surface area contributed by atoms with Gasteiger partial charge in [-0.05, 0) is 19.9 Å². The summed E-state index contributed by atoms with van der Waals surface area (Å²) in [6.45, 7) is 4.77. The lowest BCUT2D eigenvalue weighted by Crippen LogP contribution is -1.99. The molecule has 0 aliphatic heterocycles. The molecule has 3 nitrogen and oxygen atoms in total. The number of nitrogens with zero attached hydrogens (tertiary/aromatic N) is 1. The summed E-state index contributed by atoms with van der Waals surface area (Å²) in [5.74, 6) is 0. The minimum absolute atomic E-state index is 0.790. The first kappa shape index (κ1) is 10.5. The molecule has 0 aliphatic rings. The van der Waals surface area contributed by atoms with Gasteiger partial charge in [-0.2, -0.15) is 5.10 Å². The first-order valence-corrected chi connectivity index (χ1v) is 5.91. The predicted octanol–water partition coefficient (Wildman–Crippen LogP) is 3.35. The van der Waals surface area contributed by atoms with Crippen LogP contribution in [0.15, 0.2) is 11.4 Å². The molecule has 0 fully saturated rings. The van der Waals surface area contributed by atoms with Crippen LogP contribution >= 0.6 is 22.9 Å². The van der Waals surface area contributed by atoms with Gasteiger partial charge in [0.2, 0.25) is 0 Å². The highest BCUT2D eigenvalue weighted by atomic mass is 35.5. The van der Waals surface area contributed by atoms with Crippen molar-refractivity contribution in [3.8, 4) is 0 Å². The minimum atomic E-state index is 0.790. The van der Waals surface area contributed by atoms with Crippen LogP contribution in [0.1, 0.15) is 16.3 Å². The fourth-order valence-electron chi connectivity index (χ4n) is 1.43. The maximum atomic E-state index is 5.85. The van der Waals surface area contributed by atoms with Crippen molar-refractivity contribution >= 4 is 28.6 Å². The Labute approximate surface area is 97.5 Å². The van der Waals surface area contributed by atoms with Crippen molar-refractivity contribution in [1.82, 2.24) is 10.2 Å². The van der Waals surface area contributed by atoms with Gasteiger partial charge in [-0.3, -0.25) is 5.10 Å². The molecule has 0 amide bonds. The summed E-state index contributed by atoms with van der Waals surface area (Å²) >= 11 is 7.51. The molecular weight excluding hydrogens is 230 g/mol. The lowest BCUT2D eigenvalue weighted by atomic mass is 10.3. The summed E-state index contributed by atoms with van der Waals surface area (Å²) in [5, 5.41) is 13.2. The first-order chi connectivity index (χ1) is 7.16. The van der Waals surface area contributed by atoms with Gasteiger partial charge < -0.3 is 5.32 Å². The zero-order valence-corrected chi connectivity index (χ0v) is 10.2. The number of hydrogen-bond acceptors (Lipinski definition) is 3. The Kier molecular flexibility index (Phi) is 2.98. The van der Waals surface area contributed by atoms with Gasteiger partial charge in [0, 0.05) is 16.8 Å². The number of halogens is 1. The number of aryl methyl sites for hydroxylation is 2. The second-order valence-corrected chi connectivity index (χ2v) is 4.83. The number of aromatic nitrogens is 2. The number of H-pyrrole nitrogens is 1. The van der Waals surface area contributed by atoms with Gasteiger partial charge in [-0.25, -0.2) is 0 Å². The SMILES string of the molecule is Cc1n[nH]c(C)c1NCc1cc(Cl)cs1. The molecule has 15 heavy (non-hydrogen) atoms. The Morgan fingerprint density at radius 3 is 2.87 bits per heavy atom. The van der Waals surface area contributed by atoms with Gasteiger partial charge in [-0.15, -0.1) is 11.3 Å². The van der Waals surface area contributed by atoms with E-state index in [1.54, 1.807) is 11.3 Å². The first-order valence-electron chi connectivity index (χ1n) is 4.65.